The fraction of sp³-hybridized carbons (Fsp3) is 0.316. The number of ether oxygens (including phenoxy) is 3. The smallest absolute Gasteiger partial charge is 0.170 e. The number of hydrogen-bond donors (Lipinski definition) is 0. The highest BCUT2D eigenvalue weighted by Crippen LogP contribution is 2.39. The van der Waals surface area contributed by atoms with Crippen molar-refractivity contribution >= 4 is 5.78 Å². The van der Waals surface area contributed by atoms with Crippen molar-refractivity contribution in [3.63, 3.8) is 0 Å². The van der Waals surface area contributed by atoms with Gasteiger partial charge in [0.25, 0.3) is 0 Å². The zero-order valence-corrected chi connectivity index (χ0v) is 13.8. The molecule has 0 N–H and O–H groups in total. The van der Waals surface area contributed by atoms with Gasteiger partial charge < -0.3 is 14.2 Å². The lowest BCUT2D eigenvalue weighted by Crippen LogP contribution is -2.21. The van der Waals surface area contributed by atoms with E-state index >= 15 is 0 Å². The van der Waals surface area contributed by atoms with Gasteiger partial charge in [-0.2, -0.15) is 0 Å². The summed E-state index contributed by atoms with van der Waals surface area (Å²) in [5.74, 6) is 2.09. The molecule has 120 valence electrons. The molecule has 0 aliphatic carbocycles. The first kappa shape index (κ1) is 15.4. The fourth-order valence-corrected chi connectivity index (χ4v) is 3.02. The SMILES string of the molecule is COc1ccc(C2CC(=O)c3cc(C)cc(C)c3O2)cc1OC. The first-order valence-corrected chi connectivity index (χ1v) is 7.56. The normalized spacial score (nSPS) is 16.5. The number of fused-ring (bicyclic) bond motifs is 1. The maximum absolute atomic E-state index is 12.5. The molecule has 4 nitrogen and oxygen atoms in total. The highest BCUT2D eigenvalue weighted by Gasteiger charge is 2.29. The quantitative estimate of drug-likeness (QED) is 0.858. The molecule has 0 saturated carbocycles. The maximum Gasteiger partial charge on any atom is 0.170 e. The highest BCUT2D eigenvalue weighted by atomic mass is 16.5. The lowest BCUT2D eigenvalue weighted by atomic mass is 9.93. The molecule has 0 amide bonds. The Hall–Kier alpha value is -2.49. The van der Waals surface area contributed by atoms with Gasteiger partial charge in [0.1, 0.15) is 11.9 Å². The summed E-state index contributed by atoms with van der Waals surface area (Å²) >= 11 is 0. The number of ketones is 1. The number of aryl methyl sites for hydroxylation is 2. The Morgan fingerprint density at radius 2 is 1.78 bits per heavy atom. The van der Waals surface area contributed by atoms with Crippen molar-refractivity contribution in [1.82, 2.24) is 0 Å². The van der Waals surface area contributed by atoms with E-state index in [0.717, 1.165) is 16.7 Å². The van der Waals surface area contributed by atoms with Gasteiger partial charge in [0, 0.05) is 0 Å². The Bertz CT molecular complexity index is 764. The minimum absolute atomic E-state index is 0.109. The second-order valence-electron chi connectivity index (χ2n) is 5.81. The van der Waals surface area contributed by atoms with Gasteiger partial charge in [-0.05, 0) is 48.7 Å². The van der Waals surface area contributed by atoms with E-state index < -0.39 is 0 Å². The van der Waals surface area contributed by atoms with E-state index in [4.69, 9.17) is 14.2 Å². The summed E-state index contributed by atoms with van der Waals surface area (Å²) in [6.07, 6.45) is 0.0157. The minimum Gasteiger partial charge on any atom is -0.493 e. The van der Waals surface area contributed by atoms with Gasteiger partial charge >= 0.3 is 0 Å². The topological polar surface area (TPSA) is 44.8 Å². The molecule has 0 spiro atoms. The molecule has 23 heavy (non-hydrogen) atoms. The predicted octanol–water partition coefficient (Wildman–Crippen LogP) is 4.03. The molecule has 2 aromatic carbocycles. The summed E-state index contributed by atoms with van der Waals surface area (Å²) in [4.78, 5) is 12.5. The molecule has 1 unspecified atom stereocenters. The van der Waals surface area contributed by atoms with Crippen LogP contribution < -0.4 is 14.2 Å². The Morgan fingerprint density at radius 3 is 2.48 bits per heavy atom. The monoisotopic (exact) mass is 312 g/mol. The molecule has 0 bridgehead atoms. The van der Waals surface area contributed by atoms with Gasteiger partial charge in [-0.3, -0.25) is 4.79 Å². The lowest BCUT2D eigenvalue weighted by molar-refractivity contribution is 0.0848. The molecular weight excluding hydrogens is 292 g/mol. The van der Waals surface area contributed by atoms with Crippen LogP contribution in [0.3, 0.4) is 0 Å². The largest absolute Gasteiger partial charge is 0.493 e. The Balaban J connectivity index is 1.99. The van der Waals surface area contributed by atoms with Gasteiger partial charge in [0.2, 0.25) is 0 Å². The van der Waals surface area contributed by atoms with Gasteiger partial charge in [-0.15, -0.1) is 0 Å². The van der Waals surface area contributed by atoms with Crippen LogP contribution in [0.25, 0.3) is 0 Å². The Labute approximate surface area is 136 Å². The van der Waals surface area contributed by atoms with E-state index in [0.29, 0.717) is 29.2 Å². The van der Waals surface area contributed by atoms with Crippen LogP contribution in [0.2, 0.25) is 0 Å². The fourth-order valence-electron chi connectivity index (χ4n) is 3.02. The number of rotatable bonds is 3. The van der Waals surface area contributed by atoms with Crippen molar-refractivity contribution in [1.29, 1.82) is 0 Å². The van der Waals surface area contributed by atoms with E-state index in [1.807, 2.05) is 44.2 Å². The third-order valence-corrected chi connectivity index (χ3v) is 4.13. The lowest BCUT2D eigenvalue weighted by Gasteiger charge is -2.27. The molecule has 1 heterocycles. The number of methoxy groups -OCH3 is 2. The second-order valence-corrected chi connectivity index (χ2v) is 5.81. The number of Topliss-reactive ketones (excluding diaryl/α,β-unsaturated/α-hetero) is 1. The number of carbonyl (C=O) groups is 1. The number of benzene rings is 2. The van der Waals surface area contributed by atoms with Crippen molar-refractivity contribution < 1.29 is 19.0 Å². The molecule has 0 aromatic heterocycles. The third kappa shape index (κ3) is 2.77. The summed E-state index contributed by atoms with van der Waals surface area (Å²) in [5, 5.41) is 0. The summed E-state index contributed by atoms with van der Waals surface area (Å²) in [6, 6.07) is 9.54. The van der Waals surface area contributed by atoms with E-state index in [-0.39, 0.29) is 11.9 Å². The van der Waals surface area contributed by atoms with Crippen molar-refractivity contribution in [3.05, 3.63) is 52.6 Å². The van der Waals surface area contributed by atoms with Crippen LogP contribution in [0.5, 0.6) is 17.2 Å². The summed E-state index contributed by atoms with van der Waals surface area (Å²) in [7, 11) is 3.19. The average molecular weight is 312 g/mol. The highest BCUT2D eigenvalue weighted by molar-refractivity contribution is 6.00. The van der Waals surface area contributed by atoms with Gasteiger partial charge in [0.05, 0.1) is 26.2 Å². The Kier molecular flexibility index (Phi) is 3.99. The van der Waals surface area contributed by atoms with Crippen LogP contribution in [-0.4, -0.2) is 20.0 Å². The zero-order valence-electron chi connectivity index (χ0n) is 13.8. The average Bonchev–Trinajstić information content (AvgIpc) is 2.55. The molecule has 2 aromatic rings. The van der Waals surface area contributed by atoms with Crippen LogP contribution in [0.1, 0.15) is 39.6 Å². The molecule has 3 rings (SSSR count). The molecular formula is C19H20O4. The van der Waals surface area contributed by atoms with Gasteiger partial charge in [0.15, 0.2) is 17.3 Å². The number of carbonyl (C=O) groups excluding carboxylic acids is 1. The van der Waals surface area contributed by atoms with Crippen molar-refractivity contribution in [2.75, 3.05) is 14.2 Å². The third-order valence-electron chi connectivity index (χ3n) is 4.13. The van der Waals surface area contributed by atoms with E-state index in [1.54, 1.807) is 14.2 Å². The zero-order chi connectivity index (χ0) is 16.6. The van der Waals surface area contributed by atoms with E-state index in [9.17, 15) is 4.79 Å². The van der Waals surface area contributed by atoms with Crippen molar-refractivity contribution in [2.24, 2.45) is 0 Å². The maximum atomic E-state index is 12.5. The molecule has 1 atom stereocenters. The minimum atomic E-state index is -0.309. The summed E-state index contributed by atoms with van der Waals surface area (Å²) < 4.78 is 16.7. The Morgan fingerprint density at radius 1 is 1.04 bits per heavy atom. The molecule has 0 radical (unpaired) electrons. The van der Waals surface area contributed by atoms with Crippen LogP contribution in [0, 0.1) is 13.8 Å². The standard InChI is InChI=1S/C19H20O4/c1-11-7-12(2)19-14(8-11)15(20)10-17(23-19)13-5-6-16(21-3)18(9-13)22-4/h5-9,17H,10H2,1-4H3. The molecule has 0 fully saturated rings. The molecule has 1 aliphatic heterocycles. The molecule has 0 saturated heterocycles. The summed E-state index contributed by atoms with van der Waals surface area (Å²) in [6.45, 7) is 3.96. The van der Waals surface area contributed by atoms with Crippen LogP contribution in [0.15, 0.2) is 30.3 Å². The van der Waals surface area contributed by atoms with Crippen molar-refractivity contribution in [2.45, 2.75) is 26.4 Å². The first-order valence-electron chi connectivity index (χ1n) is 7.56. The van der Waals surface area contributed by atoms with Gasteiger partial charge in [-0.25, -0.2) is 0 Å². The molecule has 4 heteroatoms. The first-order chi connectivity index (χ1) is 11.0. The molecule has 1 aliphatic rings. The van der Waals surface area contributed by atoms with E-state index in [1.165, 1.54) is 0 Å². The van der Waals surface area contributed by atoms with Crippen LogP contribution in [-0.2, 0) is 0 Å². The van der Waals surface area contributed by atoms with E-state index in [2.05, 4.69) is 0 Å². The predicted molar refractivity (Wildman–Crippen MR) is 87.8 cm³/mol. The second kappa shape index (κ2) is 5.95. The summed E-state index contributed by atoms with van der Waals surface area (Å²) in [5.41, 5.74) is 3.64. The van der Waals surface area contributed by atoms with Crippen LogP contribution >= 0.6 is 0 Å². The van der Waals surface area contributed by atoms with Crippen LogP contribution in [0.4, 0.5) is 0 Å². The van der Waals surface area contributed by atoms with Crippen molar-refractivity contribution in [3.8, 4) is 17.2 Å². The number of hydrogen-bond acceptors (Lipinski definition) is 4. The van der Waals surface area contributed by atoms with Gasteiger partial charge in [-0.1, -0.05) is 12.1 Å².